The number of anilines is 1. The van der Waals surface area contributed by atoms with Gasteiger partial charge in [0.05, 0.1) is 14.6 Å². The molecule has 4 rings (SSSR count). The predicted molar refractivity (Wildman–Crippen MR) is 141 cm³/mol. The van der Waals surface area contributed by atoms with Gasteiger partial charge in [0.15, 0.2) is 0 Å². The molecule has 1 aliphatic heterocycles. The summed E-state index contributed by atoms with van der Waals surface area (Å²) in [6, 6.07) is 15.2. The van der Waals surface area contributed by atoms with Crippen molar-refractivity contribution in [2.75, 3.05) is 4.90 Å². The van der Waals surface area contributed by atoms with Crippen LogP contribution in [0.1, 0.15) is 11.1 Å². The van der Waals surface area contributed by atoms with Crippen molar-refractivity contribution in [2.45, 2.75) is 6.61 Å². The molecule has 172 valence electrons. The second kappa shape index (κ2) is 10.4. The third kappa shape index (κ3) is 5.39. The van der Waals surface area contributed by atoms with Crippen LogP contribution in [0.15, 0.2) is 75.2 Å². The van der Waals surface area contributed by atoms with Gasteiger partial charge in [-0.3, -0.25) is 14.9 Å². The number of amides is 4. The van der Waals surface area contributed by atoms with E-state index in [9.17, 15) is 18.8 Å². The van der Waals surface area contributed by atoms with Crippen molar-refractivity contribution in [1.29, 1.82) is 0 Å². The zero-order valence-electron chi connectivity index (χ0n) is 17.2. The van der Waals surface area contributed by atoms with Gasteiger partial charge in [-0.1, -0.05) is 12.1 Å². The molecule has 0 aliphatic carbocycles. The third-order valence-electron chi connectivity index (χ3n) is 4.81. The van der Waals surface area contributed by atoms with E-state index in [1.165, 1.54) is 18.2 Å². The molecule has 0 bridgehead atoms. The molecule has 3 aromatic rings. The van der Waals surface area contributed by atoms with Crippen LogP contribution in [-0.4, -0.2) is 17.8 Å². The predicted octanol–water partition coefficient (Wildman–Crippen LogP) is 6.20. The van der Waals surface area contributed by atoms with E-state index in [2.05, 4.69) is 59.8 Å². The lowest BCUT2D eigenvalue weighted by molar-refractivity contribution is -0.122. The summed E-state index contributed by atoms with van der Waals surface area (Å²) in [6.45, 7) is 0.351. The molecular weight excluding hydrogens is 686 g/mol. The summed E-state index contributed by atoms with van der Waals surface area (Å²) in [5.74, 6) is -1.59. The van der Waals surface area contributed by atoms with Gasteiger partial charge in [0, 0.05) is 3.57 Å². The fourth-order valence-electron chi connectivity index (χ4n) is 3.19. The summed E-state index contributed by atoms with van der Waals surface area (Å²) < 4.78 is 21.5. The summed E-state index contributed by atoms with van der Waals surface area (Å²) in [5, 5.41) is 2.14. The van der Waals surface area contributed by atoms with E-state index in [4.69, 9.17) is 4.74 Å². The molecule has 1 heterocycles. The highest BCUT2D eigenvalue weighted by molar-refractivity contribution is 14.1. The standard InChI is InChI=1S/C24H14Br2FIN2O4/c25-19-10-14(11-20(26)21(19)34-12-13-1-5-16(28)6-2-13)9-18-22(31)29-24(33)30(23(18)32)17-7-3-15(27)4-8-17/h1-11H,12H2,(H,29,31,33)/b18-9+. The van der Waals surface area contributed by atoms with E-state index in [0.717, 1.165) is 26.2 Å². The molecule has 1 saturated heterocycles. The molecule has 1 N–H and O–H groups in total. The van der Waals surface area contributed by atoms with Crippen molar-refractivity contribution in [3.63, 3.8) is 0 Å². The first-order valence-electron chi connectivity index (χ1n) is 9.76. The summed E-state index contributed by atoms with van der Waals surface area (Å²) >= 11 is 9.18. The van der Waals surface area contributed by atoms with Gasteiger partial charge in [-0.25, -0.2) is 14.1 Å². The molecule has 4 amide bonds. The SMILES string of the molecule is O=C1NC(=O)N(c2ccc(F)cc2)C(=O)/C1=C/c1cc(Br)c(OCc2ccc(I)cc2)c(Br)c1. The Bertz CT molecular complexity index is 1300. The summed E-state index contributed by atoms with van der Waals surface area (Å²) in [5.41, 5.74) is 1.42. The number of imide groups is 2. The van der Waals surface area contributed by atoms with Crippen molar-refractivity contribution in [1.82, 2.24) is 5.32 Å². The van der Waals surface area contributed by atoms with Crippen LogP contribution in [0.5, 0.6) is 5.75 Å². The molecule has 0 atom stereocenters. The Hall–Kier alpha value is -2.57. The van der Waals surface area contributed by atoms with Crippen molar-refractivity contribution in [3.05, 3.63) is 95.7 Å². The summed E-state index contributed by atoms with van der Waals surface area (Å²) in [4.78, 5) is 38.5. The number of ether oxygens (including phenoxy) is 1. The Labute approximate surface area is 224 Å². The number of urea groups is 1. The van der Waals surface area contributed by atoms with Crippen molar-refractivity contribution in [3.8, 4) is 5.75 Å². The van der Waals surface area contributed by atoms with Gasteiger partial charge < -0.3 is 4.74 Å². The van der Waals surface area contributed by atoms with Crippen LogP contribution in [0.2, 0.25) is 0 Å². The van der Waals surface area contributed by atoms with Crippen LogP contribution in [0.3, 0.4) is 0 Å². The minimum atomic E-state index is -0.902. The average Bonchev–Trinajstić information content (AvgIpc) is 2.78. The maximum Gasteiger partial charge on any atom is 0.335 e. The minimum Gasteiger partial charge on any atom is -0.487 e. The largest absolute Gasteiger partial charge is 0.487 e. The Morgan fingerprint density at radius 2 is 1.59 bits per heavy atom. The van der Waals surface area contributed by atoms with Gasteiger partial charge in [-0.2, -0.15) is 0 Å². The lowest BCUT2D eigenvalue weighted by atomic mass is 10.1. The van der Waals surface area contributed by atoms with Crippen LogP contribution in [0.4, 0.5) is 14.9 Å². The average molecular weight is 700 g/mol. The van der Waals surface area contributed by atoms with Gasteiger partial charge in [0.25, 0.3) is 11.8 Å². The quantitative estimate of drug-likeness (QED) is 0.196. The van der Waals surface area contributed by atoms with Gasteiger partial charge in [-0.15, -0.1) is 0 Å². The highest BCUT2D eigenvalue weighted by atomic mass is 127. The van der Waals surface area contributed by atoms with E-state index >= 15 is 0 Å². The smallest absolute Gasteiger partial charge is 0.335 e. The third-order valence-corrected chi connectivity index (χ3v) is 6.71. The molecule has 1 aliphatic rings. The lowest BCUT2D eigenvalue weighted by Crippen LogP contribution is -2.54. The molecule has 34 heavy (non-hydrogen) atoms. The van der Waals surface area contributed by atoms with E-state index < -0.39 is 23.7 Å². The second-order valence-electron chi connectivity index (χ2n) is 7.16. The van der Waals surface area contributed by atoms with Crippen LogP contribution >= 0.6 is 54.5 Å². The molecule has 0 spiro atoms. The van der Waals surface area contributed by atoms with Crippen LogP contribution in [0, 0.1) is 9.39 Å². The van der Waals surface area contributed by atoms with Gasteiger partial charge >= 0.3 is 6.03 Å². The first-order chi connectivity index (χ1) is 16.2. The number of hydrogen-bond acceptors (Lipinski definition) is 4. The van der Waals surface area contributed by atoms with Crippen LogP contribution in [0.25, 0.3) is 6.08 Å². The Balaban J connectivity index is 1.60. The van der Waals surface area contributed by atoms with E-state index in [1.54, 1.807) is 12.1 Å². The fraction of sp³-hybridized carbons (Fsp3) is 0.0417. The maximum absolute atomic E-state index is 13.3. The molecule has 3 aromatic carbocycles. The maximum atomic E-state index is 13.3. The van der Waals surface area contributed by atoms with E-state index in [0.29, 0.717) is 26.9 Å². The van der Waals surface area contributed by atoms with E-state index in [1.807, 2.05) is 24.3 Å². The molecule has 0 saturated carbocycles. The highest BCUT2D eigenvalue weighted by Crippen LogP contribution is 2.36. The number of nitrogens with one attached hydrogen (secondary N) is 1. The first kappa shape index (κ1) is 24.6. The van der Waals surface area contributed by atoms with Gasteiger partial charge in [0.2, 0.25) is 0 Å². The first-order valence-corrected chi connectivity index (χ1v) is 12.4. The summed E-state index contributed by atoms with van der Waals surface area (Å²) in [6.07, 6.45) is 1.37. The second-order valence-corrected chi connectivity index (χ2v) is 10.1. The number of benzene rings is 3. The topological polar surface area (TPSA) is 75.7 Å². The number of carbonyl (C=O) groups is 3. The molecular formula is C24H14Br2FIN2O4. The molecule has 0 radical (unpaired) electrons. The van der Waals surface area contributed by atoms with E-state index in [-0.39, 0.29) is 11.3 Å². The normalized spacial score (nSPS) is 15.0. The molecule has 6 nitrogen and oxygen atoms in total. The lowest BCUT2D eigenvalue weighted by Gasteiger charge is -2.26. The zero-order chi connectivity index (χ0) is 24.4. The number of carbonyl (C=O) groups excluding carboxylic acids is 3. The monoisotopic (exact) mass is 698 g/mol. The van der Waals surface area contributed by atoms with Crippen molar-refractivity contribution in [2.24, 2.45) is 0 Å². The number of halogens is 4. The Morgan fingerprint density at radius 3 is 2.21 bits per heavy atom. The zero-order valence-corrected chi connectivity index (χ0v) is 22.5. The van der Waals surface area contributed by atoms with Gasteiger partial charge in [0.1, 0.15) is 23.7 Å². The Morgan fingerprint density at radius 1 is 0.971 bits per heavy atom. The summed E-state index contributed by atoms with van der Waals surface area (Å²) in [7, 11) is 0. The number of hydrogen-bond donors (Lipinski definition) is 1. The molecule has 0 aromatic heterocycles. The molecule has 0 unspecified atom stereocenters. The van der Waals surface area contributed by atoms with Crippen molar-refractivity contribution < 1.29 is 23.5 Å². The number of rotatable bonds is 5. The molecule has 10 heteroatoms. The number of nitrogens with zero attached hydrogens (tertiary/aromatic N) is 1. The fourth-order valence-corrected chi connectivity index (χ4v) is 5.00. The van der Waals surface area contributed by atoms with Crippen LogP contribution in [-0.2, 0) is 16.2 Å². The Kier molecular flexibility index (Phi) is 7.48. The number of barbiturate groups is 1. The minimum absolute atomic E-state index is 0.143. The molecule has 1 fully saturated rings. The van der Waals surface area contributed by atoms with Crippen molar-refractivity contribution >= 4 is 84.1 Å². The highest BCUT2D eigenvalue weighted by Gasteiger charge is 2.36. The van der Waals surface area contributed by atoms with Crippen LogP contribution < -0.4 is 15.0 Å². The van der Waals surface area contributed by atoms with Gasteiger partial charge in [-0.05, 0) is 120 Å².